The SMILES string of the molecule is Nc1cccc([C@H](O)CN(CCc2ccc(-c3ccc(C(=O)NS(=O)(=O)CCCO)c(OC4CCCCC4)c3)cc2)C(=O)O)c1. The molecule has 2 amide bonds. The van der Waals surface area contributed by atoms with Crippen LogP contribution in [-0.2, 0) is 16.4 Å². The number of hydrogen-bond donors (Lipinski definition) is 5. The molecule has 1 atom stereocenters. The van der Waals surface area contributed by atoms with Gasteiger partial charge in [-0.3, -0.25) is 4.79 Å². The van der Waals surface area contributed by atoms with Crippen LogP contribution in [-0.4, -0.2) is 72.2 Å². The fraction of sp³-hybridized carbons (Fsp3) is 0.394. The van der Waals surface area contributed by atoms with E-state index in [0.717, 1.165) is 48.8 Å². The van der Waals surface area contributed by atoms with Crippen molar-refractivity contribution in [2.45, 2.75) is 57.2 Å². The second-order valence-electron chi connectivity index (χ2n) is 11.3. The topological polar surface area (TPSA) is 179 Å². The van der Waals surface area contributed by atoms with Crippen molar-refractivity contribution in [1.82, 2.24) is 9.62 Å². The number of nitrogens with one attached hydrogen (secondary N) is 1. The molecule has 1 aliphatic rings. The molecule has 3 aromatic carbocycles. The average molecular weight is 640 g/mol. The predicted octanol–water partition coefficient (Wildman–Crippen LogP) is 4.35. The molecule has 3 aromatic rings. The Morgan fingerprint density at radius 2 is 1.71 bits per heavy atom. The highest BCUT2D eigenvalue weighted by Gasteiger charge is 2.23. The molecule has 1 fully saturated rings. The lowest BCUT2D eigenvalue weighted by atomic mass is 9.97. The fourth-order valence-corrected chi connectivity index (χ4v) is 6.33. The van der Waals surface area contributed by atoms with Crippen LogP contribution in [0.5, 0.6) is 5.75 Å². The molecule has 0 aliphatic heterocycles. The van der Waals surface area contributed by atoms with Crippen molar-refractivity contribution in [2.24, 2.45) is 0 Å². The molecule has 0 unspecified atom stereocenters. The summed E-state index contributed by atoms with van der Waals surface area (Å²) in [5, 5.41) is 29.2. The van der Waals surface area contributed by atoms with Crippen molar-refractivity contribution >= 4 is 27.7 Å². The number of nitrogen functional groups attached to an aromatic ring is 1. The van der Waals surface area contributed by atoms with E-state index in [4.69, 9.17) is 15.6 Å². The minimum absolute atomic E-state index is 0.0164. The normalized spacial score (nSPS) is 14.4. The minimum atomic E-state index is -3.92. The number of nitrogens with two attached hydrogens (primary N) is 1. The number of hydrogen-bond acceptors (Lipinski definition) is 8. The highest BCUT2D eigenvalue weighted by molar-refractivity contribution is 7.90. The highest BCUT2D eigenvalue weighted by Crippen LogP contribution is 2.31. The van der Waals surface area contributed by atoms with Gasteiger partial charge in [-0.15, -0.1) is 0 Å². The van der Waals surface area contributed by atoms with Gasteiger partial charge in [0.2, 0.25) is 10.0 Å². The zero-order valence-electron chi connectivity index (χ0n) is 25.1. The van der Waals surface area contributed by atoms with E-state index in [1.165, 1.54) is 4.90 Å². The maximum atomic E-state index is 13.0. The van der Waals surface area contributed by atoms with E-state index in [1.807, 2.05) is 24.3 Å². The lowest BCUT2D eigenvalue weighted by molar-refractivity contribution is 0.0967. The summed E-state index contributed by atoms with van der Waals surface area (Å²) in [6, 6.07) is 19.3. The first-order chi connectivity index (χ1) is 21.5. The first-order valence-electron chi connectivity index (χ1n) is 15.1. The Balaban J connectivity index is 1.47. The van der Waals surface area contributed by atoms with E-state index in [2.05, 4.69) is 4.72 Å². The van der Waals surface area contributed by atoms with Crippen LogP contribution in [0.2, 0.25) is 0 Å². The Kier molecular flexibility index (Phi) is 11.8. The number of amides is 2. The first kappa shape index (κ1) is 33.8. The summed E-state index contributed by atoms with van der Waals surface area (Å²) in [7, 11) is -3.92. The molecule has 0 radical (unpaired) electrons. The second kappa shape index (κ2) is 15.7. The highest BCUT2D eigenvalue weighted by atomic mass is 32.2. The number of carbonyl (C=O) groups is 2. The van der Waals surface area contributed by atoms with Crippen LogP contribution in [0.3, 0.4) is 0 Å². The monoisotopic (exact) mass is 639 g/mol. The van der Waals surface area contributed by atoms with E-state index in [1.54, 1.807) is 42.5 Å². The van der Waals surface area contributed by atoms with Crippen molar-refractivity contribution < 1.29 is 38.1 Å². The summed E-state index contributed by atoms with van der Waals surface area (Å²) >= 11 is 0. The molecule has 6 N–H and O–H groups in total. The van der Waals surface area contributed by atoms with E-state index >= 15 is 0 Å². The lowest BCUT2D eigenvalue weighted by Crippen LogP contribution is -2.35. The van der Waals surface area contributed by atoms with Gasteiger partial charge in [0.15, 0.2) is 0 Å². The average Bonchev–Trinajstić information content (AvgIpc) is 3.02. The van der Waals surface area contributed by atoms with Crippen LogP contribution < -0.4 is 15.2 Å². The molecular formula is C33H41N3O8S. The van der Waals surface area contributed by atoms with E-state index in [0.29, 0.717) is 23.4 Å². The number of ether oxygens (including phenoxy) is 1. The van der Waals surface area contributed by atoms with Gasteiger partial charge >= 0.3 is 6.09 Å². The number of nitrogens with zero attached hydrogens (tertiary/aromatic N) is 1. The minimum Gasteiger partial charge on any atom is -0.490 e. The third-order valence-electron chi connectivity index (χ3n) is 7.81. The van der Waals surface area contributed by atoms with Crippen molar-refractivity contribution in [3.05, 3.63) is 83.4 Å². The number of anilines is 1. The van der Waals surface area contributed by atoms with Crippen LogP contribution in [0.4, 0.5) is 10.5 Å². The van der Waals surface area contributed by atoms with Gasteiger partial charge in [0.1, 0.15) is 5.75 Å². The van der Waals surface area contributed by atoms with Crippen LogP contribution in [0.15, 0.2) is 66.7 Å². The van der Waals surface area contributed by atoms with Gasteiger partial charge in [-0.2, -0.15) is 0 Å². The largest absolute Gasteiger partial charge is 0.490 e. The van der Waals surface area contributed by atoms with Gasteiger partial charge in [-0.1, -0.05) is 48.9 Å². The number of carbonyl (C=O) groups excluding carboxylic acids is 1. The Morgan fingerprint density at radius 1 is 1.00 bits per heavy atom. The van der Waals surface area contributed by atoms with Gasteiger partial charge in [0, 0.05) is 18.8 Å². The molecular weight excluding hydrogens is 598 g/mol. The van der Waals surface area contributed by atoms with Crippen molar-refractivity contribution in [1.29, 1.82) is 0 Å². The summed E-state index contributed by atoms with van der Waals surface area (Å²) < 4.78 is 33.0. The van der Waals surface area contributed by atoms with Crippen molar-refractivity contribution in [3.8, 4) is 16.9 Å². The van der Waals surface area contributed by atoms with Gasteiger partial charge in [0.05, 0.1) is 30.1 Å². The Labute approximate surface area is 263 Å². The molecule has 0 heterocycles. The Bertz CT molecular complexity index is 1560. The molecule has 45 heavy (non-hydrogen) atoms. The lowest BCUT2D eigenvalue weighted by Gasteiger charge is -2.24. The molecule has 242 valence electrons. The zero-order chi connectivity index (χ0) is 32.4. The third-order valence-corrected chi connectivity index (χ3v) is 9.13. The Hall–Kier alpha value is -4.13. The van der Waals surface area contributed by atoms with Crippen LogP contribution in [0.1, 0.15) is 66.1 Å². The molecule has 0 saturated heterocycles. The third kappa shape index (κ3) is 9.93. The van der Waals surface area contributed by atoms with Gasteiger partial charge in [0.25, 0.3) is 5.91 Å². The Morgan fingerprint density at radius 3 is 2.38 bits per heavy atom. The number of sulfonamides is 1. The number of rotatable bonds is 14. The second-order valence-corrected chi connectivity index (χ2v) is 13.1. The molecule has 1 aliphatic carbocycles. The molecule has 4 rings (SSSR count). The zero-order valence-corrected chi connectivity index (χ0v) is 25.9. The van der Waals surface area contributed by atoms with Crippen LogP contribution >= 0.6 is 0 Å². The van der Waals surface area contributed by atoms with Crippen molar-refractivity contribution in [2.75, 3.05) is 31.2 Å². The van der Waals surface area contributed by atoms with Gasteiger partial charge in [-0.25, -0.2) is 17.9 Å². The summed E-state index contributed by atoms with van der Waals surface area (Å²) in [5.41, 5.74) is 9.43. The summed E-state index contributed by atoms with van der Waals surface area (Å²) in [4.78, 5) is 26.1. The number of benzene rings is 3. The van der Waals surface area contributed by atoms with Gasteiger partial charge in [-0.05, 0) is 85.0 Å². The number of aliphatic hydroxyl groups is 2. The van der Waals surface area contributed by atoms with E-state index in [-0.39, 0.29) is 43.5 Å². The van der Waals surface area contributed by atoms with Crippen LogP contribution in [0, 0.1) is 0 Å². The van der Waals surface area contributed by atoms with E-state index < -0.39 is 28.1 Å². The van der Waals surface area contributed by atoms with Gasteiger partial charge < -0.3 is 30.7 Å². The first-order valence-corrected chi connectivity index (χ1v) is 16.8. The standard InChI is InChI=1S/C33H41N3O8S/c34-27-7-4-6-26(20-27)30(38)22-36(33(40)41)17-16-23-10-12-24(13-11-23)25-14-15-29(32(39)35-45(42,43)19-5-18-37)31(21-25)44-28-8-2-1-3-9-28/h4,6-7,10-15,20-21,28,30,37-38H,1-3,5,8-9,16-19,22,34H2,(H,35,39)(H,40,41)/t30-/m1/s1. The maximum absolute atomic E-state index is 13.0. The summed E-state index contributed by atoms with van der Waals surface area (Å²) in [6.45, 7) is -0.217. The molecule has 11 nitrogen and oxygen atoms in total. The fourth-order valence-electron chi connectivity index (χ4n) is 5.32. The summed E-state index contributed by atoms with van der Waals surface area (Å²) in [5.74, 6) is -0.857. The molecule has 0 aromatic heterocycles. The van der Waals surface area contributed by atoms with E-state index in [9.17, 15) is 28.2 Å². The molecule has 0 spiro atoms. The predicted molar refractivity (Wildman–Crippen MR) is 171 cm³/mol. The molecule has 0 bridgehead atoms. The van der Waals surface area contributed by atoms with Crippen LogP contribution in [0.25, 0.3) is 11.1 Å². The molecule has 12 heteroatoms. The maximum Gasteiger partial charge on any atom is 0.407 e. The molecule has 1 saturated carbocycles. The quantitative estimate of drug-likeness (QED) is 0.160. The number of aliphatic hydroxyl groups excluding tert-OH is 2. The number of carboxylic acid groups (broad SMARTS) is 1. The smallest absolute Gasteiger partial charge is 0.407 e. The summed E-state index contributed by atoms with van der Waals surface area (Å²) in [6.07, 6.45) is 3.06. The van der Waals surface area contributed by atoms with Crippen molar-refractivity contribution in [3.63, 3.8) is 0 Å².